The Labute approximate surface area is 205 Å². The monoisotopic (exact) mass is 508 g/mol. The minimum atomic E-state index is -1.64. The van der Waals surface area contributed by atoms with Crippen molar-refractivity contribution in [2.75, 3.05) is 18.5 Å². The molecule has 2 amide bonds. The van der Waals surface area contributed by atoms with Crippen molar-refractivity contribution in [2.24, 2.45) is 0 Å². The molecule has 12 heteroatoms. The molecule has 36 heavy (non-hydrogen) atoms. The minimum absolute atomic E-state index is 0.00871. The van der Waals surface area contributed by atoms with Gasteiger partial charge in [0.15, 0.2) is 23.2 Å². The summed E-state index contributed by atoms with van der Waals surface area (Å²) < 4.78 is 50.1. The van der Waals surface area contributed by atoms with Gasteiger partial charge in [0.1, 0.15) is 17.5 Å². The van der Waals surface area contributed by atoms with Gasteiger partial charge in [-0.2, -0.15) is 5.10 Å². The van der Waals surface area contributed by atoms with Gasteiger partial charge in [-0.1, -0.05) is 18.9 Å². The van der Waals surface area contributed by atoms with E-state index in [2.05, 4.69) is 10.4 Å². The van der Waals surface area contributed by atoms with Crippen LogP contribution < -0.4 is 10.1 Å². The molecule has 1 saturated carbocycles. The molecular formula is C24H27F3N4O5. The lowest BCUT2D eigenvalue weighted by Gasteiger charge is -2.31. The highest BCUT2D eigenvalue weighted by Crippen LogP contribution is 2.39. The predicted molar refractivity (Wildman–Crippen MR) is 121 cm³/mol. The maximum atomic E-state index is 15.4. The fraction of sp³-hybridized carbons (Fsp3) is 0.458. The first kappa shape index (κ1) is 25.7. The number of halogens is 3. The molecule has 0 saturated heterocycles. The molecule has 1 fully saturated rings. The van der Waals surface area contributed by atoms with Gasteiger partial charge in [0.05, 0.1) is 25.8 Å². The summed E-state index contributed by atoms with van der Waals surface area (Å²) >= 11 is 0. The van der Waals surface area contributed by atoms with E-state index >= 15 is 4.39 Å². The second-order valence-corrected chi connectivity index (χ2v) is 9.06. The van der Waals surface area contributed by atoms with Crippen molar-refractivity contribution < 1.29 is 37.7 Å². The Kier molecular flexibility index (Phi) is 7.65. The van der Waals surface area contributed by atoms with Crippen LogP contribution in [0.3, 0.4) is 0 Å². The highest BCUT2D eigenvalue weighted by atomic mass is 19.1. The molecule has 9 nitrogen and oxygen atoms in total. The van der Waals surface area contributed by atoms with Crippen molar-refractivity contribution in [1.29, 1.82) is 0 Å². The third-order valence-corrected chi connectivity index (χ3v) is 6.28. The molecule has 2 aromatic rings. The third-order valence-electron chi connectivity index (χ3n) is 6.28. The van der Waals surface area contributed by atoms with Gasteiger partial charge in [0.25, 0.3) is 5.91 Å². The molecule has 1 aromatic carbocycles. The van der Waals surface area contributed by atoms with Crippen LogP contribution in [0.25, 0.3) is 0 Å². The van der Waals surface area contributed by atoms with Gasteiger partial charge >= 0.3 is 0 Å². The number of anilines is 1. The van der Waals surface area contributed by atoms with Gasteiger partial charge < -0.3 is 25.2 Å². The van der Waals surface area contributed by atoms with Crippen molar-refractivity contribution >= 4 is 17.6 Å². The molecule has 2 heterocycles. The summed E-state index contributed by atoms with van der Waals surface area (Å²) in [6, 6.07) is 3.41. The summed E-state index contributed by atoms with van der Waals surface area (Å²) in [6.45, 7) is -0.753. The first-order chi connectivity index (χ1) is 17.2. The fourth-order valence-electron chi connectivity index (χ4n) is 4.47. The molecule has 1 unspecified atom stereocenters. The topological polar surface area (TPSA) is 117 Å². The van der Waals surface area contributed by atoms with E-state index in [1.54, 1.807) is 0 Å². The number of hydrogen-bond donors (Lipinski definition) is 3. The number of nitrogens with one attached hydrogen (secondary N) is 1. The summed E-state index contributed by atoms with van der Waals surface area (Å²) in [5, 5.41) is 25.2. The number of carbonyl (C=O) groups excluding carboxylic acids is 2. The average Bonchev–Trinajstić information content (AvgIpc) is 3.55. The van der Waals surface area contributed by atoms with E-state index in [4.69, 9.17) is 9.84 Å². The zero-order valence-electron chi connectivity index (χ0n) is 19.4. The Morgan fingerprint density at radius 3 is 2.58 bits per heavy atom. The summed E-state index contributed by atoms with van der Waals surface area (Å²) in [4.78, 5) is 27.1. The Balaban J connectivity index is 1.50. The Hall–Kier alpha value is -3.38. The second-order valence-electron chi connectivity index (χ2n) is 9.06. The van der Waals surface area contributed by atoms with E-state index in [0.717, 1.165) is 23.1 Å². The van der Waals surface area contributed by atoms with Crippen molar-refractivity contribution in [3.8, 4) is 5.75 Å². The van der Waals surface area contributed by atoms with E-state index in [9.17, 15) is 23.5 Å². The van der Waals surface area contributed by atoms with Crippen LogP contribution in [0, 0.1) is 11.6 Å². The predicted octanol–water partition coefficient (Wildman–Crippen LogP) is 2.30. The minimum Gasteiger partial charge on any atom is -0.453 e. The standard InChI is InChI=1S/C24H27F3N4O5/c25-17-4-3-5-18(26)22(17)36-16-10-21(34)31(13-16)19(11-24(27)7-1-2-8-24)23(35)28-20-6-9-30(29-20)12-15(33)14-32/h3-6,9-10,15,19,32-33H,1-2,7-8,11-14H2,(H,28,29,35)/t15-,19?/m1/s1. The number of hydrogen-bond acceptors (Lipinski definition) is 6. The SMILES string of the molecule is O=C(Nc1ccn(C[C@@H](O)CO)n1)C(CC1(F)CCCC1)N1CC(Oc2c(F)cccc2F)=CC1=O. The van der Waals surface area contributed by atoms with Crippen LogP contribution in [-0.4, -0.2) is 67.7 Å². The van der Waals surface area contributed by atoms with Crippen LogP contribution in [0.15, 0.2) is 42.3 Å². The van der Waals surface area contributed by atoms with E-state index < -0.39 is 53.6 Å². The molecule has 0 bridgehead atoms. The lowest BCUT2D eigenvalue weighted by Crippen LogP contribution is -2.48. The lowest BCUT2D eigenvalue weighted by atomic mass is 9.93. The number of ether oxygens (including phenoxy) is 1. The van der Waals surface area contributed by atoms with Gasteiger partial charge in [-0.05, 0) is 25.0 Å². The number of para-hydroxylation sites is 1. The number of amides is 2. The van der Waals surface area contributed by atoms with Crippen LogP contribution in [0.5, 0.6) is 5.75 Å². The van der Waals surface area contributed by atoms with Crippen molar-refractivity contribution in [2.45, 2.75) is 56.5 Å². The highest BCUT2D eigenvalue weighted by Gasteiger charge is 2.43. The van der Waals surface area contributed by atoms with Crippen molar-refractivity contribution in [3.63, 3.8) is 0 Å². The van der Waals surface area contributed by atoms with Crippen LogP contribution in [-0.2, 0) is 16.1 Å². The Bertz CT molecular complexity index is 1130. The molecule has 1 aromatic heterocycles. The molecule has 2 aliphatic rings. The Morgan fingerprint density at radius 2 is 1.92 bits per heavy atom. The lowest BCUT2D eigenvalue weighted by molar-refractivity contribution is -0.134. The van der Waals surface area contributed by atoms with Crippen LogP contribution in [0.1, 0.15) is 32.1 Å². The quantitative estimate of drug-likeness (QED) is 0.454. The van der Waals surface area contributed by atoms with Crippen molar-refractivity contribution in [1.82, 2.24) is 14.7 Å². The van der Waals surface area contributed by atoms with Crippen LogP contribution >= 0.6 is 0 Å². The molecule has 194 valence electrons. The largest absolute Gasteiger partial charge is 0.453 e. The summed E-state index contributed by atoms with van der Waals surface area (Å²) in [5.41, 5.74) is -1.64. The van der Waals surface area contributed by atoms with Crippen LogP contribution in [0.4, 0.5) is 19.0 Å². The number of aromatic nitrogens is 2. The van der Waals surface area contributed by atoms with Gasteiger partial charge in [0.2, 0.25) is 5.91 Å². The summed E-state index contributed by atoms with van der Waals surface area (Å²) in [7, 11) is 0. The van der Waals surface area contributed by atoms with Gasteiger partial charge in [-0.25, -0.2) is 13.2 Å². The molecule has 1 aliphatic carbocycles. The third kappa shape index (κ3) is 5.88. The number of alkyl halides is 1. The molecular weight excluding hydrogens is 481 g/mol. The van der Waals surface area contributed by atoms with Gasteiger partial charge in [-0.15, -0.1) is 0 Å². The highest BCUT2D eigenvalue weighted by molar-refractivity contribution is 6.00. The van der Waals surface area contributed by atoms with Crippen molar-refractivity contribution in [3.05, 3.63) is 53.9 Å². The van der Waals surface area contributed by atoms with E-state index in [-0.39, 0.29) is 43.9 Å². The Morgan fingerprint density at radius 1 is 1.22 bits per heavy atom. The maximum absolute atomic E-state index is 15.4. The normalized spacial score (nSPS) is 18.8. The van der Waals surface area contributed by atoms with Gasteiger partial charge in [-0.3, -0.25) is 14.3 Å². The first-order valence-electron chi connectivity index (χ1n) is 11.6. The van der Waals surface area contributed by atoms with E-state index in [0.29, 0.717) is 12.8 Å². The molecule has 0 radical (unpaired) electrons. The van der Waals surface area contributed by atoms with Crippen LogP contribution in [0.2, 0.25) is 0 Å². The molecule has 0 spiro atoms. The molecule has 3 N–H and O–H groups in total. The molecule has 1 aliphatic heterocycles. The maximum Gasteiger partial charge on any atom is 0.251 e. The number of aliphatic hydroxyl groups excluding tert-OH is 2. The fourth-order valence-corrected chi connectivity index (χ4v) is 4.47. The average molecular weight is 508 g/mol. The summed E-state index contributed by atoms with van der Waals surface area (Å²) in [5.74, 6) is -3.89. The number of carbonyl (C=O) groups is 2. The number of aliphatic hydroxyl groups is 2. The zero-order valence-corrected chi connectivity index (χ0v) is 19.4. The summed E-state index contributed by atoms with van der Waals surface area (Å²) in [6.07, 6.45) is 3.04. The second kappa shape index (κ2) is 10.7. The number of nitrogens with zero attached hydrogens (tertiary/aromatic N) is 3. The van der Waals surface area contributed by atoms with E-state index in [1.165, 1.54) is 23.0 Å². The van der Waals surface area contributed by atoms with E-state index in [1.807, 2.05) is 0 Å². The number of rotatable bonds is 10. The zero-order chi connectivity index (χ0) is 25.9. The first-order valence-corrected chi connectivity index (χ1v) is 11.6. The molecule has 2 atom stereocenters. The molecule has 4 rings (SSSR count). The van der Waals surface area contributed by atoms with Gasteiger partial charge in [0, 0.05) is 24.8 Å². The number of benzene rings is 1. The smallest absolute Gasteiger partial charge is 0.251 e.